The summed E-state index contributed by atoms with van der Waals surface area (Å²) in [6.07, 6.45) is 1.12. The van der Waals surface area contributed by atoms with Gasteiger partial charge in [-0.25, -0.2) is 4.79 Å². The van der Waals surface area contributed by atoms with E-state index in [2.05, 4.69) is 5.32 Å². The van der Waals surface area contributed by atoms with Crippen LogP contribution >= 0.6 is 11.6 Å². The van der Waals surface area contributed by atoms with Crippen molar-refractivity contribution in [3.8, 4) is 0 Å². The lowest BCUT2D eigenvalue weighted by molar-refractivity contribution is -0.121. The molecule has 1 aliphatic rings. The van der Waals surface area contributed by atoms with Crippen molar-refractivity contribution in [2.24, 2.45) is 5.92 Å². The Balaban J connectivity index is 1.59. The molecular formula is C22H23ClN2O4. The van der Waals surface area contributed by atoms with Crippen LogP contribution in [0.5, 0.6) is 0 Å². The van der Waals surface area contributed by atoms with Gasteiger partial charge in [0.2, 0.25) is 5.91 Å². The van der Waals surface area contributed by atoms with Crippen LogP contribution < -0.4 is 5.32 Å². The number of nitrogens with zero attached hydrogens (tertiary/aromatic N) is 1. The number of para-hydroxylation sites is 1. The summed E-state index contributed by atoms with van der Waals surface area (Å²) in [7, 11) is 0. The predicted molar refractivity (Wildman–Crippen MR) is 111 cm³/mol. The van der Waals surface area contributed by atoms with Crippen molar-refractivity contribution in [1.82, 2.24) is 4.90 Å². The van der Waals surface area contributed by atoms with Gasteiger partial charge in [0, 0.05) is 29.6 Å². The molecule has 0 saturated carbocycles. The van der Waals surface area contributed by atoms with Gasteiger partial charge in [-0.1, -0.05) is 23.7 Å². The summed E-state index contributed by atoms with van der Waals surface area (Å²) in [5.74, 6) is -0.903. The summed E-state index contributed by atoms with van der Waals surface area (Å²) < 4.78 is 5.04. The number of benzene rings is 2. The minimum Gasteiger partial charge on any atom is -0.462 e. The molecule has 7 heteroatoms. The van der Waals surface area contributed by atoms with Crippen molar-refractivity contribution in [1.29, 1.82) is 0 Å². The molecule has 0 radical (unpaired) electrons. The van der Waals surface area contributed by atoms with Crippen molar-refractivity contribution in [2.75, 3.05) is 25.0 Å². The first kappa shape index (κ1) is 20.9. The molecule has 0 aromatic heterocycles. The third-order valence-corrected chi connectivity index (χ3v) is 5.18. The number of hydrogen-bond acceptors (Lipinski definition) is 4. The van der Waals surface area contributed by atoms with Crippen molar-refractivity contribution >= 4 is 35.1 Å². The van der Waals surface area contributed by atoms with Gasteiger partial charge in [-0.05, 0) is 56.2 Å². The van der Waals surface area contributed by atoms with Gasteiger partial charge < -0.3 is 15.0 Å². The van der Waals surface area contributed by atoms with Crippen LogP contribution in [-0.4, -0.2) is 42.4 Å². The highest BCUT2D eigenvalue weighted by Crippen LogP contribution is 2.23. The number of halogens is 1. The summed E-state index contributed by atoms with van der Waals surface area (Å²) in [6.45, 7) is 3.00. The third kappa shape index (κ3) is 5.15. The first-order chi connectivity index (χ1) is 14.0. The number of anilines is 1. The number of amides is 2. The Morgan fingerprint density at radius 2 is 1.72 bits per heavy atom. The van der Waals surface area contributed by atoms with Crippen molar-refractivity contribution in [2.45, 2.75) is 19.8 Å². The lowest BCUT2D eigenvalue weighted by Gasteiger charge is -2.31. The fourth-order valence-corrected chi connectivity index (χ4v) is 3.46. The van der Waals surface area contributed by atoms with Gasteiger partial charge in [0.25, 0.3) is 5.91 Å². The first-order valence-electron chi connectivity index (χ1n) is 9.61. The number of piperidine rings is 1. The molecule has 152 valence electrons. The van der Waals surface area contributed by atoms with Gasteiger partial charge >= 0.3 is 5.97 Å². The van der Waals surface area contributed by atoms with Crippen LogP contribution in [0.15, 0.2) is 48.5 Å². The van der Waals surface area contributed by atoms with E-state index in [1.807, 2.05) is 0 Å². The second-order valence-corrected chi connectivity index (χ2v) is 7.27. The van der Waals surface area contributed by atoms with E-state index >= 15 is 0 Å². The Morgan fingerprint density at radius 3 is 2.38 bits per heavy atom. The molecule has 3 rings (SSSR count). The highest BCUT2D eigenvalue weighted by Gasteiger charge is 2.28. The van der Waals surface area contributed by atoms with Gasteiger partial charge in [0.15, 0.2) is 0 Å². The molecule has 1 N–H and O–H groups in total. The quantitative estimate of drug-likeness (QED) is 0.750. The number of rotatable bonds is 5. The standard InChI is InChI=1S/C22H23ClN2O4/c1-2-29-22(28)18-5-3-4-6-19(18)24-20(26)15-11-13-25(14-12-15)21(27)16-7-9-17(23)10-8-16/h3-10,15H,2,11-14H2,1H3,(H,24,26). The van der Waals surface area contributed by atoms with Crippen molar-refractivity contribution in [3.63, 3.8) is 0 Å². The zero-order valence-corrected chi connectivity index (χ0v) is 16.9. The lowest BCUT2D eigenvalue weighted by Crippen LogP contribution is -2.41. The monoisotopic (exact) mass is 414 g/mol. The molecule has 1 heterocycles. The second-order valence-electron chi connectivity index (χ2n) is 6.83. The van der Waals surface area contributed by atoms with E-state index in [0.29, 0.717) is 47.8 Å². The van der Waals surface area contributed by atoms with Gasteiger partial charge in [-0.15, -0.1) is 0 Å². The van der Waals surface area contributed by atoms with Crippen LogP contribution in [0.3, 0.4) is 0 Å². The average molecular weight is 415 g/mol. The highest BCUT2D eigenvalue weighted by atomic mass is 35.5. The zero-order valence-electron chi connectivity index (χ0n) is 16.2. The van der Waals surface area contributed by atoms with Crippen molar-refractivity contribution in [3.05, 3.63) is 64.7 Å². The highest BCUT2D eigenvalue weighted by molar-refractivity contribution is 6.30. The van der Waals surface area contributed by atoms with Crippen LogP contribution in [0.1, 0.15) is 40.5 Å². The first-order valence-corrected chi connectivity index (χ1v) is 9.99. The summed E-state index contributed by atoms with van der Waals surface area (Å²) >= 11 is 5.87. The maximum absolute atomic E-state index is 12.7. The maximum Gasteiger partial charge on any atom is 0.340 e. The minimum atomic E-state index is -0.466. The summed E-state index contributed by atoms with van der Waals surface area (Å²) in [5, 5.41) is 3.43. The fourth-order valence-electron chi connectivity index (χ4n) is 3.33. The molecule has 0 atom stereocenters. The zero-order chi connectivity index (χ0) is 20.8. The Hall–Kier alpha value is -2.86. The SMILES string of the molecule is CCOC(=O)c1ccccc1NC(=O)C1CCN(C(=O)c2ccc(Cl)cc2)CC1. The molecule has 0 spiro atoms. The molecule has 6 nitrogen and oxygen atoms in total. The smallest absolute Gasteiger partial charge is 0.340 e. The Bertz CT molecular complexity index is 890. The van der Waals surface area contributed by atoms with Gasteiger partial charge in [0.05, 0.1) is 17.9 Å². The Labute approximate surface area is 174 Å². The molecule has 1 saturated heterocycles. The second kappa shape index (κ2) is 9.56. The number of nitrogens with one attached hydrogen (secondary N) is 1. The normalized spacial score (nSPS) is 14.3. The van der Waals surface area contributed by atoms with E-state index < -0.39 is 5.97 Å². The number of hydrogen-bond donors (Lipinski definition) is 1. The van der Waals surface area contributed by atoms with E-state index in [1.54, 1.807) is 60.4 Å². The molecule has 1 aliphatic heterocycles. The van der Waals surface area contributed by atoms with E-state index in [0.717, 1.165) is 0 Å². The number of ether oxygens (including phenoxy) is 1. The molecule has 2 aromatic carbocycles. The maximum atomic E-state index is 12.7. The molecule has 0 aliphatic carbocycles. The van der Waals surface area contributed by atoms with E-state index in [1.165, 1.54) is 0 Å². The van der Waals surface area contributed by atoms with Crippen LogP contribution in [0.2, 0.25) is 5.02 Å². The minimum absolute atomic E-state index is 0.0619. The van der Waals surface area contributed by atoms with Crippen LogP contribution in [0.25, 0.3) is 0 Å². The van der Waals surface area contributed by atoms with Gasteiger partial charge in [0.1, 0.15) is 0 Å². The average Bonchev–Trinajstić information content (AvgIpc) is 2.74. The molecule has 1 fully saturated rings. The topological polar surface area (TPSA) is 75.7 Å². The molecule has 2 aromatic rings. The largest absolute Gasteiger partial charge is 0.462 e. The molecule has 0 bridgehead atoms. The summed E-state index contributed by atoms with van der Waals surface area (Å²) in [4.78, 5) is 39.1. The number of carbonyl (C=O) groups excluding carboxylic acids is 3. The fraction of sp³-hybridized carbons (Fsp3) is 0.318. The summed E-state index contributed by atoms with van der Waals surface area (Å²) in [6, 6.07) is 13.6. The number of carbonyl (C=O) groups is 3. The number of esters is 1. The predicted octanol–water partition coefficient (Wildman–Crippen LogP) is 4.01. The summed E-state index contributed by atoms with van der Waals surface area (Å²) in [5.41, 5.74) is 1.36. The lowest BCUT2D eigenvalue weighted by atomic mass is 9.95. The third-order valence-electron chi connectivity index (χ3n) is 4.92. The molecule has 2 amide bonds. The Morgan fingerprint density at radius 1 is 1.07 bits per heavy atom. The van der Waals surface area contributed by atoms with Crippen LogP contribution in [0.4, 0.5) is 5.69 Å². The van der Waals surface area contributed by atoms with Gasteiger partial charge in [-0.3, -0.25) is 9.59 Å². The molecule has 0 unspecified atom stereocenters. The number of likely N-dealkylation sites (tertiary alicyclic amines) is 1. The molecular weight excluding hydrogens is 392 g/mol. The Kier molecular flexibility index (Phi) is 6.88. The van der Waals surface area contributed by atoms with E-state index in [9.17, 15) is 14.4 Å². The van der Waals surface area contributed by atoms with Crippen LogP contribution in [-0.2, 0) is 9.53 Å². The van der Waals surface area contributed by atoms with E-state index in [4.69, 9.17) is 16.3 Å². The van der Waals surface area contributed by atoms with Gasteiger partial charge in [-0.2, -0.15) is 0 Å². The van der Waals surface area contributed by atoms with E-state index in [-0.39, 0.29) is 24.3 Å². The van der Waals surface area contributed by atoms with Crippen LogP contribution in [0, 0.1) is 5.92 Å². The molecule has 29 heavy (non-hydrogen) atoms. The van der Waals surface area contributed by atoms with Crippen molar-refractivity contribution < 1.29 is 19.1 Å².